The van der Waals surface area contributed by atoms with Gasteiger partial charge in [0.05, 0.1) is 10.4 Å². The second-order valence-corrected chi connectivity index (χ2v) is 15.5. The molecule has 0 aliphatic carbocycles. The molecule has 0 aliphatic heterocycles. The summed E-state index contributed by atoms with van der Waals surface area (Å²) in [4.78, 5) is 2.45. The summed E-state index contributed by atoms with van der Waals surface area (Å²) in [5, 5.41) is 4.76. The maximum absolute atomic E-state index is 6.78. The van der Waals surface area contributed by atoms with E-state index in [4.69, 9.17) is 4.42 Å². The van der Waals surface area contributed by atoms with E-state index in [0.29, 0.717) is 0 Å². The lowest BCUT2D eigenvalue weighted by atomic mass is 9.86. The number of hydrogen-bond acceptors (Lipinski definition) is 3. The molecule has 0 saturated carbocycles. The number of thiophene rings is 1. The van der Waals surface area contributed by atoms with E-state index in [0.717, 1.165) is 72.4 Å². The molecule has 0 aliphatic rings. The van der Waals surface area contributed by atoms with Gasteiger partial charge in [0, 0.05) is 43.2 Å². The van der Waals surface area contributed by atoms with Crippen LogP contribution in [0.25, 0.3) is 86.6 Å². The van der Waals surface area contributed by atoms with Gasteiger partial charge in [0.2, 0.25) is 0 Å². The molecule has 0 radical (unpaired) electrons. The number of rotatable bonds is 7. The fraction of sp³-hybridized carbons (Fsp3) is 0. The zero-order chi connectivity index (χ0) is 37.7. The quantitative estimate of drug-likeness (QED) is 0.162. The van der Waals surface area contributed by atoms with E-state index < -0.39 is 0 Å². The summed E-state index contributed by atoms with van der Waals surface area (Å²) < 4.78 is 9.31. The first-order valence-corrected chi connectivity index (χ1v) is 20.2. The largest absolute Gasteiger partial charge is 0.455 e. The molecule has 9 aromatic carbocycles. The van der Waals surface area contributed by atoms with Crippen LogP contribution >= 0.6 is 11.3 Å². The molecule has 0 atom stereocenters. The molecule has 0 unspecified atom stereocenters. The minimum Gasteiger partial charge on any atom is -0.455 e. The lowest BCUT2D eigenvalue weighted by Gasteiger charge is -2.29. The third-order valence-corrected chi connectivity index (χ3v) is 12.3. The van der Waals surface area contributed by atoms with Crippen molar-refractivity contribution in [2.45, 2.75) is 0 Å². The summed E-state index contributed by atoms with van der Waals surface area (Å²) >= 11 is 1.85. The monoisotopic (exact) mass is 745 g/mol. The smallest absolute Gasteiger partial charge is 0.143 e. The first-order valence-electron chi connectivity index (χ1n) is 19.3. The van der Waals surface area contributed by atoms with Crippen LogP contribution in [0.4, 0.5) is 17.1 Å². The van der Waals surface area contributed by atoms with Crippen molar-refractivity contribution in [2.75, 3.05) is 4.90 Å². The molecule has 57 heavy (non-hydrogen) atoms. The third kappa shape index (κ3) is 5.71. The molecule has 2 aromatic heterocycles. The van der Waals surface area contributed by atoms with Crippen LogP contribution in [-0.2, 0) is 0 Å². The molecule has 3 heteroatoms. The minimum absolute atomic E-state index is 0.886. The van der Waals surface area contributed by atoms with Crippen molar-refractivity contribution >= 4 is 70.5 Å². The molecule has 2 nitrogen and oxygen atoms in total. The van der Waals surface area contributed by atoms with Gasteiger partial charge in [0.15, 0.2) is 0 Å². The SMILES string of the molecule is c1ccc(-c2ccc(N(c3cc(-c4ccccc4)c(-c4ccccc4)c(-c4cccc5c4oc4ccccc45)c3)c3cccc4c3sc3ccccc34)cc2)cc1. The maximum Gasteiger partial charge on any atom is 0.143 e. The van der Waals surface area contributed by atoms with Gasteiger partial charge in [-0.1, -0.05) is 170 Å². The van der Waals surface area contributed by atoms with Crippen molar-refractivity contribution in [3.8, 4) is 44.5 Å². The van der Waals surface area contributed by atoms with Crippen molar-refractivity contribution in [3.05, 3.63) is 212 Å². The Labute approximate surface area is 335 Å². The highest BCUT2D eigenvalue weighted by molar-refractivity contribution is 7.26. The molecule has 0 amide bonds. The Morgan fingerprint density at radius 3 is 1.72 bits per heavy atom. The Morgan fingerprint density at radius 2 is 0.947 bits per heavy atom. The Bertz CT molecular complexity index is 3220. The van der Waals surface area contributed by atoms with E-state index in [1.54, 1.807) is 0 Å². The van der Waals surface area contributed by atoms with Crippen molar-refractivity contribution in [3.63, 3.8) is 0 Å². The number of nitrogens with zero attached hydrogens (tertiary/aromatic N) is 1. The fourth-order valence-electron chi connectivity index (χ4n) is 8.46. The lowest BCUT2D eigenvalue weighted by molar-refractivity contribution is 0.670. The molecule has 0 fully saturated rings. The molecule has 268 valence electrons. The molecule has 11 rings (SSSR count). The first kappa shape index (κ1) is 33.2. The van der Waals surface area contributed by atoms with Gasteiger partial charge >= 0.3 is 0 Å². The summed E-state index contributed by atoms with van der Waals surface area (Å²) in [7, 11) is 0. The van der Waals surface area contributed by atoms with Gasteiger partial charge in [-0.3, -0.25) is 0 Å². The van der Waals surface area contributed by atoms with E-state index in [2.05, 4.69) is 211 Å². The zero-order valence-electron chi connectivity index (χ0n) is 31.0. The minimum atomic E-state index is 0.886. The number of hydrogen-bond donors (Lipinski definition) is 0. The number of para-hydroxylation sites is 2. The average molecular weight is 746 g/mol. The van der Waals surface area contributed by atoms with E-state index in [1.165, 1.54) is 31.3 Å². The van der Waals surface area contributed by atoms with Gasteiger partial charge in [0.25, 0.3) is 0 Å². The van der Waals surface area contributed by atoms with Gasteiger partial charge in [-0.25, -0.2) is 0 Å². The Kier molecular flexibility index (Phi) is 8.04. The van der Waals surface area contributed by atoms with Crippen LogP contribution in [0, 0.1) is 0 Å². The van der Waals surface area contributed by atoms with Crippen LogP contribution in [0.1, 0.15) is 0 Å². The summed E-state index contributed by atoms with van der Waals surface area (Å²) in [6.45, 7) is 0. The van der Waals surface area contributed by atoms with Crippen LogP contribution in [0.2, 0.25) is 0 Å². The Morgan fingerprint density at radius 1 is 0.368 bits per heavy atom. The highest BCUT2D eigenvalue weighted by Crippen LogP contribution is 2.50. The molecular formula is C54H35NOS. The number of fused-ring (bicyclic) bond motifs is 6. The van der Waals surface area contributed by atoms with Crippen LogP contribution in [0.3, 0.4) is 0 Å². The van der Waals surface area contributed by atoms with Crippen LogP contribution in [0.5, 0.6) is 0 Å². The van der Waals surface area contributed by atoms with Gasteiger partial charge in [0.1, 0.15) is 11.2 Å². The van der Waals surface area contributed by atoms with Gasteiger partial charge in [-0.2, -0.15) is 0 Å². The number of furan rings is 1. The van der Waals surface area contributed by atoms with Crippen molar-refractivity contribution < 1.29 is 4.42 Å². The van der Waals surface area contributed by atoms with Gasteiger partial charge < -0.3 is 9.32 Å². The number of benzene rings is 9. The van der Waals surface area contributed by atoms with E-state index >= 15 is 0 Å². The van der Waals surface area contributed by atoms with E-state index in [-0.39, 0.29) is 0 Å². The van der Waals surface area contributed by atoms with Crippen molar-refractivity contribution in [2.24, 2.45) is 0 Å². The topological polar surface area (TPSA) is 16.4 Å². The zero-order valence-corrected chi connectivity index (χ0v) is 31.8. The standard InChI is InChI=1S/C54H35NOS/c1-4-16-36(17-5-1)37-30-32-40(33-31-37)55(49-27-15-26-46-43-23-11-13-29-51(43)57-54(46)49)41-34-47(38-18-6-2-7-19-38)52(39-20-8-3-9-21-39)48(35-41)45-25-14-24-44-42-22-10-12-28-50(42)56-53(44)45/h1-35H. The first-order chi connectivity index (χ1) is 28.3. The molecule has 2 heterocycles. The normalized spacial score (nSPS) is 11.5. The molecule has 0 spiro atoms. The molecular weight excluding hydrogens is 711 g/mol. The second-order valence-electron chi connectivity index (χ2n) is 14.4. The van der Waals surface area contributed by atoms with Crippen LogP contribution in [-0.4, -0.2) is 0 Å². The summed E-state index contributed by atoms with van der Waals surface area (Å²) in [6, 6.07) is 76.4. The van der Waals surface area contributed by atoms with E-state index in [1.807, 2.05) is 17.4 Å². The Balaban J connectivity index is 1.25. The molecule has 0 saturated heterocycles. The molecule has 11 aromatic rings. The Hall–Kier alpha value is -7.20. The van der Waals surface area contributed by atoms with Gasteiger partial charge in [-0.05, 0) is 81.4 Å². The predicted molar refractivity (Wildman–Crippen MR) is 243 cm³/mol. The molecule has 0 N–H and O–H groups in total. The fourth-order valence-corrected chi connectivity index (χ4v) is 9.66. The summed E-state index contributed by atoms with van der Waals surface area (Å²) in [6.07, 6.45) is 0. The molecule has 0 bridgehead atoms. The number of anilines is 3. The van der Waals surface area contributed by atoms with Crippen molar-refractivity contribution in [1.29, 1.82) is 0 Å². The predicted octanol–water partition coefficient (Wildman–Crippen LogP) is 16.1. The third-order valence-electron chi connectivity index (χ3n) is 11.1. The van der Waals surface area contributed by atoms with Crippen LogP contribution < -0.4 is 4.90 Å². The highest BCUT2D eigenvalue weighted by Gasteiger charge is 2.24. The summed E-state index contributed by atoms with van der Waals surface area (Å²) in [5.41, 5.74) is 14.2. The highest BCUT2D eigenvalue weighted by atomic mass is 32.1. The summed E-state index contributed by atoms with van der Waals surface area (Å²) in [5.74, 6) is 0. The van der Waals surface area contributed by atoms with E-state index in [9.17, 15) is 0 Å². The second kappa shape index (κ2) is 13.8. The van der Waals surface area contributed by atoms with Crippen molar-refractivity contribution in [1.82, 2.24) is 0 Å². The lowest BCUT2D eigenvalue weighted by Crippen LogP contribution is -2.11. The maximum atomic E-state index is 6.78. The van der Waals surface area contributed by atoms with Crippen LogP contribution in [0.15, 0.2) is 217 Å². The average Bonchev–Trinajstić information content (AvgIpc) is 3.87. The van der Waals surface area contributed by atoms with Gasteiger partial charge in [-0.15, -0.1) is 11.3 Å².